The van der Waals surface area contributed by atoms with Crippen LogP contribution in [0, 0.1) is 5.41 Å². The van der Waals surface area contributed by atoms with Crippen molar-refractivity contribution >= 4 is 22.9 Å². The number of carbonyl (C=O) groups is 1. The highest BCUT2D eigenvalue weighted by molar-refractivity contribution is 5.98. The molecule has 1 amide bonds. The molecule has 1 spiro atoms. The fourth-order valence-corrected chi connectivity index (χ4v) is 6.21. The highest BCUT2D eigenvalue weighted by Crippen LogP contribution is 2.48. The van der Waals surface area contributed by atoms with Crippen molar-refractivity contribution in [1.29, 1.82) is 0 Å². The molecule has 1 aliphatic heterocycles. The van der Waals surface area contributed by atoms with Gasteiger partial charge >= 0.3 is 6.09 Å². The lowest BCUT2D eigenvalue weighted by Gasteiger charge is -2.46. The molecule has 0 unspecified atom stereocenters. The van der Waals surface area contributed by atoms with E-state index >= 15 is 0 Å². The van der Waals surface area contributed by atoms with Crippen LogP contribution in [0.25, 0.3) is 22.3 Å². The first-order valence-electron chi connectivity index (χ1n) is 14.5. The van der Waals surface area contributed by atoms with Gasteiger partial charge in [0.1, 0.15) is 34.9 Å². The molecule has 0 bridgehead atoms. The normalized spacial score (nSPS) is 17.6. The van der Waals surface area contributed by atoms with Gasteiger partial charge in [-0.15, -0.1) is 0 Å². The Labute approximate surface area is 240 Å². The Morgan fingerprint density at radius 3 is 2.24 bits per heavy atom. The first kappa shape index (κ1) is 27.1. The van der Waals surface area contributed by atoms with Crippen molar-refractivity contribution in [1.82, 2.24) is 24.6 Å². The van der Waals surface area contributed by atoms with Crippen molar-refractivity contribution in [2.75, 3.05) is 18.8 Å². The van der Waals surface area contributed by atoms with E-state index in [0.29, 0.717) is 5.82 Å². The lowest BCUT2D eigenvalue weighted by molar-refractivity contribution is 0.00166. The molecule has 2 aliphatic rings. The first-order chi connectivity index (χ1) is 19.7. The zero-order chi connectivity index (χ0) is 28.6. The smallest absolute Gasteiger partial charge is 0.410 e. The van der Waals surface area contributed by atoms with Gasteiger partial charge in [-0.1, -0.05) is 18.2 Å². The fourth-order valence-electron chi connectivity index (χ4n) is 6.21. The second-order valence-electron chi connectivity index (χ2n) is 12.4. The second kappa shape index (κ2) is 10.7. The maximum Gasteiger partial charge on any atom is 0.410 e. The Kier molecular flexibility index (Phi) is 7.05. The topological polar surface area (TPSA) is 108 Å². The molecular formula is C32H38N6O3. The lowest BCUT2D eigenvalue weighted by atomic mass is 9.67. The molecule has 9 nitrogen and oxygen atoms in total. The van der Waals surface area contributed by atoms with Gasteiger partial charge in [0.25, 0.3) is 0 Å². The van der Waals surface area contributed by atoms with Crippen LogP contribution >= 0.6 is 0 Å². The van der Waals surface area contributed by atoms with Crippen LogP contribution in [0.1, 0.15) is 65.3 Å². The number of nitrogens with two attached hydrogens (primary N) is 1. The monoisotopic (exact) mass is 554 g/mol. The molecule has 6 rings (SSSR count). The minimum atomic E-state index is -0.472. The summed E-state index contributed by atoms with van der Waals surface area (Å²) in [5.74, 6) is 1.98. The number of nitrogen functional groups attached to an aromatic ring is 1. The van der Waals surface area contributed by atoms with Crippen LogP contribution in [0.15, 0.2) is 60.9 Å². The zero-order valence-corrected chi connectivity index (χ0v) is 24.0. The van der Waals surface area contributed by atoms with E-state index in [2.05, 4.69) is 14.6 Å². The molecule has 2 fully saturated rings. The van der Waals surface area contributed by atoms with E-state index in [1.165, 1.54) is 6.33 Å². The molecule has 41 heavy (non-hydrogen) atoms. The Balaban J connectivity index is 1.17. The average Bonchev–Trinajstić information content (AvgIpc) is 3.35. The van der Waals surface area contributed by atoms with E-state index in [-0.39, 0.29) is 17.6 Å². The lowest BCUT2D eigenvalue weighted by Crippen LogP contribution is -2.46. The number of nitrogens with zero attached hydrogens (tertiary/aromatic N) is 5. The Morgan fingerprint density at radius 2 is 1.59 bits per heavy atom. The van der Waals surface area contributed by atoms with E-state index < -0.39 is 5.60 Å². The summed E-state index contributed by atoms with van der Waals surface area (Å²) in [6.45, 7) is 7.24. The zero-order valence-electron chi connectivity index (χ0n) is 24.0. The van der Waals surface area contributed by atoms with Crippen molar-refractivity contribution < 1.29 is 14.3 Å². The average molecular weight is 555 g/mol. The standard InChI is InChI=1S/C32H38N6O3/c1-31(2,3)41-30(39)37-19-17-32(18-20-37)15-13-23(14-16-32)38-29-26(28(33)34-21-35-29)27(36-38)22-9-11-25(12-10-22)40-24-7-5-4-6-8-24/h4-12,21,23H,13-20H2,1-3H3,(H2,33,34,35). The second-order valence-corrected chi connectivity index (χ2v) is 12.4. The summed E-state index contributed by atoms with van der Waals surface area (Å²) in [6.07, 6.45) is 7.56. The predicted molar refractivity (Wildman–Crippen MR) is 159 cm³/mol. The molecule has 1 aliphatic carbocycles. The number of fused-ring (bicyclic) bond motifs is 1. The number of anilines is 1. The summed E-state index contributed by atoms with van der Waals surface area (Å²) in [7, 11) is 0. The van der Waals surface area contributed by atoms with Crippen LogP contribution in [0.5, 0.6) is 11.5 Å². The van der Waals surface area contributed by atoms with E-state index in [4.69, 9.17) is 20.3 Å². The third-order valence-corrected chi connectivity index (χ3v) is 8.46. The summed E-state index contributed by atoms with van der Waals surface area (Å²) < 4.78 is 13.6. The van der Waals surface area contributed by atoms with Crippen molar-refractivity contribution in [2.24, 2.45) is 5.41 Å². The Morgan fingerprint density at radius 1 is 0.927 bits per heavy atom. The van der Waals surface area contributed by atoms with Crippen LogP contribution < -0.4 is 10.5 Å². The highest BCUT2D eigenvalue weighted by atomic mass is 16.6. The van der Waals surface area contributed by atoms with Gasteiger partial charge < -0.3 is 20.1 Å². The molecule has 1 saturated carbocycles. The third-order valence-electron chi connectivity index (χ3n) is 8.46. The number of hydrogen-bond donors (Lipinski definition) is 1. The molecule has 4 aromatic rings. The summed E-state index contributed by atoms with van der Waals surface area (Å²) in [6, 6.07) is 17.9. The number of piperidine rings is 1. The maximum absolute atomic E-state index is 12.6. The Hall–Kier alpha value is -4.14. The van der Waals surface area contributed by atoms with Crippen LogP contribution in [0.4, 0.5) is 10.6 Å². The molecule has 2 aromatic heterocycles. The van der Waals surface area contributed by atoms with Gasteiger partial charge in [0.2, 0.25) is 0 Å². The number of likely N-dealkylation sites (tertiary alicyclic amines) is 1. The minimum Gasteiger partial charge on any atom is -0.457 e. The van der Waals surface area contributed by atoms with Crippen LogP contribution in [-0.4, -0.2) is 49.4 Å². The molecule has 0 radical (unpaired) electrons. The highest BCUT2D eigenvalue weighted by Gasteiger charge is 2.40. The number of para-hydroxylation sites is 1. The summed E-state index contributed by atoms with van der Waals surface area (Å²) >= 11 is 0. The maximum atomic E-state index is 12.6. The molecular weight excluding hydrogens is 516 g/mol. The molecule has 1 saturated heterocycles. The van der Waals surface area contributed by atoms with Gasteiger partial charge in [0.05, 0.1) is 11.4 Å². The number of aromatic nitrogens is 4. The van der Waals surface area contributed by atoms with Gasteiger partial charge in [-0.3, -0.25) is 0 Å². The van der Waals surface area contributed by atoms with Crippen molar-refractivity contribution in [3.63, 3.8) is 0 Å². The number of amides is 1. The van der Waals surface area contributed by atoms with E-state index in [1.54, 1.807) is 0 Å². The van der Waals surface area contributed by atoms with Crippen molar-refractivity contribution in [3.05, 3.63) is 60.9 Å². The third kappa shape index (κ3) is 5.71. The summed E-state index contributed by atoms with van der Waals surface area (Å²) in [4.78, 5) is 23.3. The Bertz CT molecular complexity index is 1510. The number of rotatable bonds is 4. The SMILES string of the molecule is CC(C)(C)OC(=O)N1CCC2(CCC(n3nc(-c4ccc(Oc5ccccc5)cc4)c4c(N)ncnc43)CC2)CC1. The summed E-state index contributed by atoms with van der Waals surface area (Å²) in [5, 5.41) is 5.87. The largest absolute Gasteiger partial charge is 0.457 e. The van der Waals surface area contributed by atoms with Gasteiger partial charge in [-0.25, -0.2) is 19.4 Å². The minimum absolute atomic E-state index is 0.200. The molecule has 9 heteroatoms. The number of carbonyl (C=O) groups excluding carboxylic acids is 1. The molecule has 2 N–H and O–H groups in total. The van der Waals surface area contributed by atoms with Crippen molar-refractivity contribution in [3.8, 4) is 22.8 Å². The molecule has 0 atom stereocenters. The number of ether oxygens (including phenoxy) is 2. The predicted octanol–water partition coefficient (Wildman–Crippen LogP) is 7.00. The van der Waals surface area contributed by atoms with Gasteiger partial charge in [0.15, 0.2) is 5.65 Å². The fraction of sp³-hybridized carbons (Fsp3) is 0.438. The first-order valence-corrected chi connectivity index (χ1v) is 14.5. The number of hydrogen-bond acceptors (Lipinski definition) is 7. The quantitative estimate of drug-likeness (QED) is 0.289. The van der Waals surface area contributed by atoms with E-state index in [9.17, 15) is 4.79 Å². The summed E-state index contributed by atoms with van der Waals surface area (Å²) in [5.41, 5.74) is 8.69. The van der Waals surface area contributed by atoms with Crippen LogP contribution in [-0.2, 0) is 4.74 Å². The van der Waals surface area contributed by atoms with Gasteiger partial charge in [0, 0.05) is 18.7 Å². The number of benzene rings is 2. The van der Waals surface area contributed by atoms with Gasteiger partial charge in [-0.2, -0.15) is 5.10 Å². The van der Waals surface area contributed by atoms with Gasteiger partial charge in [-0.05, 0) is 101 Å². The van der Waals surface area contributed by atoms with Crippen LogP contribution in [0.3, 0.4) is 0 Å². The van der Waals surface area contributed by atoms with Crippen molar-refractivity contribution in [2.45, 2.75) is 70.9 Å². The van der Waals surface area contributed by atoms with Crippen LogP contribution in [0.2, 0.25) is 0 Å². The van der Waals surface area contributed by atoms with E-state index in [1.807, 2.05) is 80.3 Å². The molecule has 3 heterocycles. The van der Waals surface area contributed by atoms with E-state index in [0.717, 1.165) is 85.4 Å². The molecule has 214 valence electrons. The molecule has 2 aromatic carbocycles.